The van der Waals surface area contributed by atoms with Gasteiger partial charge in [-0.05, 0) is 49.6 Å². The van der Waals surface area contributed by atoms with Gasteiger partial charge in [-0.15, -0.1) is 0 Å². The van der Waals surface area contributed by atoms with Gasteiger partial charge in [0.2, 0.25) is 5.91 Å². The third-order valence-corrected chi connectivity index (χ3v) is 4.99. The number of nitrogens with zero attached hydrogens (tertiary/aromatic N) is 3. The molecule has 2 amide bonds. The van der Waals surface area contributed by atoms with Crippen LogP contribution in [-0.4, -0.2) is 38.7 Å². The number of para-hydroxylation sites is 1. The summed E-state index contributed by atoms with van der Waals surface area (Å²) in [7, 11) is 1.94. The van der Waals surface area contributed by atoms with Crippen molar-refractivity contribution in [3.8, 4) is 17.1 Å². The van der Waals surface area contributed by atoms with Crippen molar-refractivity contribution in [3.05, 3.63) is 60.4 Å². The molecule has 0 bridgehead atoms. The summed E-state index contributed by atoms with van der Waals surface area (Å²) < 4.78 is 3.59. The zero-order chi connectivity index (χ0) is 19.5. The van der Waals surface area contributed by atoms with E-state index in [2.05, 4.69) is 15.7 Å². The smallest absolute Gasteiger partial charge is 0.270 e. The number of hydrogen-bond donors (Lipinski definition) is 2. The first kappa shape index (κ1) is 18.0. The van der Waals surface area contributed by atoms with Crippen molar-refractivity contribution in [2.75, 3.05) is 6.54 Å². The zero-order valence-electron chi connectivity index (χ0n) is 15.8. The Morgan fingerprint density at radius 2 is 2.00 bits per heavy atom. The van der Waals surface area contributed by atoms with Crippen LogP contribution >= 0.6 is 0 Å². The summed E-state index contributed by atoms with van der Waals surface area (Å²) in [6, 6.07) is 14.7. The number of amides is 2. The molecule has 1 saturated heterocycles. The molecular weight excluding hydrogens is 354 g/mol. The summed E-state index contributed by atoms with van der Waals surface area (Å²) >= 11 is 0. The highest BCUT2D eigenvalue weighted by Gasteiger charge is 2.25. The third kappa shape index (κ3) is 3.55. The van der Waals surface area contributed by atoms with Crippen LogP contribution in [-0.2, 0) is 11.8 Å². The molecule has 0 radical (unpaired) electrons. The molecule has 0 aliphatic carbocycles. The average Bonchev–Trinajstić information content (AvgIpc) is 3.28. The van der Waals surface area contributed by atoms with Gasteiger partial charge in [-0.3, -0.25) is 9.59 Å². The quantitative estimate of drug-likeness (QED) is 0.732. The maximum absolute atomic E-state index is 13.1. The minimum Gasteiger partial charge on any atom is -0.354 e. The normalized spacial score (nSPS) is 17.0. The number of aromatic nitrogens is 3. The molecule has 144 valence electrons. The van der Waals surface area contributed by atoms with Crippen molar-refractivity contribution >= 4 is 11.8 Å². The molecule has 7 nitrogen and oxygen atoms in total. The molecule has 3 heterocycles. The number of rotatable bonds is 4. The lowest BCUT2D eigenvalue weighted by molar-refractivity contribution is -0.122. The zero-order valence-corrected chi connectivity index (χ0v) is 15.8. The SMILES string of the molecule is Cn1cccc1-c1cc(C(=O)NC2CCCCNC2=O)n(-c2ccccc2)n1. The number of nitrogens with one attached hydrogen (secondary N) is 2. The maximum atomic E-state index is 13.1. The molecule has 3 aromatic rings. The predicted molar refractivity (Wildman–Crippen MR) is 106 cm³/mol. The summed E-state index contributed by atoms with van der Waals surface area (Å²) in [6.07, 6.45) is 4.40. The van der Waals surface area contributed by atoms with E-state index in [1.807, 2.05) is 60.3 Å². The minimum absolute atomic E-state index is 0.126. The fourth-order valence-electron chi connectivity index (χ4n) is 3.47. The van der Waals surface area contributed by atoms with Crippen LogP contribution in [0.15, 0.2) is 54.7 Å². The van der Waals surface area contributed by atoms with Crippen LogP contribution in [0.3, 0.4) is 0 Å². The molecule has 7 heteroatoms. The molecule has 2 N–H and O–H groups in total. The summed E-state index contributed by atoms with van der Waals surface area (Å²) in [5.74, 6) is -0.432. The second-order valence-corrected chi connectivity index (χ2v) is 6.98. The van der Waals surface area contributed by atoms with Gasteiger partial charge < -0.3 is 15.2 Å². The monoisotopic (exact) mass is 377 g/mol. The number of hydrogen-bond acceptors (Lipinski definition) is 3. The van der Waals surface area contributed by atoms with Gasteiger partial charge in [0.1, 0.15) is 17.4 Å². The number of benzene rings is 1. The Bertz CT molecular complexity index is 989. The van der Waals surface area contributed by atoms with Crippen LogP contribution in [0.25, 0.3) is 17.1 Å². The number of carbonyl (C=O) groups is 2. The Hall–Kier alpha value is -3.35. The summed E-state index contributed by atoms with van der Waals surface area (Å²) in [5, 5.41) is 10.4. The van der Waals surface area contributed by atoms with Crippen LogP contribution in [0.1, 0.15) is 29.8 Å². The molecule has 1 atom stereocenters. The minimum atomic E-state index is -0.521. The van der Waals surface area contributed by atoms with E-state index in [9.17, 15) is 9.59 Å². The van der Waals surface area contributed by atoms with Gasteiger partial charge in [-0.2, -0.15) is 5.10 Å². The standard InChI is InChI=1S/C21H23N5O2/c1-25-13-7-11-18(25)17-14-19(26(24-17)15-8-3-2-4-9-15)21(28)23-16-10-5-6-12-22-20(16)27/h2-4,7-9,11,13-14,16H,5-6,10,12H2,1H3,(H,22,27)(H,23,28). The highest BCUT2D eigenvalue weighted by atomic mass is 16.2. The molecule has 2 aromatic heterocycles. The molecule has 0 spiro atoms. The summed E-state index contributed by atoms with van der Waals surface area (Å²) in [5.41, 5.74) is 2.81. The largest absolute Gasteiger partial charge is 0.354 e. The van der Waals surface area contributed by atoms with Gasteiger partial charge in [0.05, 0.1) is 11.4 Å². The lowest BCUT2D eigenvalue weighted by Gasteiger charge is -2.15. The molecule has 1 aliphatic rings. The highest BCUT2D eigenvalue weighted by Crippen LogP contribution is 2.22. The van der Waals surface area contributed by atoms with Crippen LogP contribution in [0.5, 0.6) is 0 Å². The fraction of sp³-hybridized carbons (Fsp3) is 0.286. The second-order valence-electron chi connectivity index (χ2n) is 6.98. The second kappa shape index (κ2) is 7.72. The van der Waals surface area contributed by atoms with Crippen molar-refractivity contribution in [3.63, 3.8) is 0 Å². The molecule has 1 aromatic carbocycles. The van der Waals surface area contributed by atoms with Crippen LogP contribution in [0.2, 0.25) is 0 Å². The lowest BCUT2D eigenvalue weighted by Crippen LogP contribution is -2.45. The Balaban J connectivity index is 1.70. The Morgan fingerprint density at radius 1 is 1.18 bits per heavy atom. The Morgan fingerprint density at radius 3 is 2.75 bits per heavy atom. The predicted octanol–water partition coefficient (Wildman–Crippen LogP) is 2.28. The van der Waals surface area contributed by atoms with E-state index in [-0.39, 0.29) is 11.8 Å². The molecule has 1 unspecified atom stereocenters. The summed E-state index contributed by atoms with van der Waals surface area (Å²) in [6.45, 7) is 0.658. The molecule has 28 heavy (non-hydrogen) atoms. The van der Waals surface area contributed by atoms with Crippen molar-refractivity contribution in [2.45, 2.75) is 25.3 Å². The first-order valence-corrected chi connectivity index (χ1v) is 9.49. The first-order chi connectivity index (χ1) is 13.6. The van der Waals surface area contributed by atoms with Gasteiger partial charge in [0.15, 0.2) is 0 Å². The van der Waals surface area contributed by atoms with E-state index < -0.39 is 6.04 Å². The Labute approximate surface area is 163 Å². The molecular formula is C21H23N5O2. The lowest BCUT2D eigenvalue weighted by atomic mass is 10.1. The van der Waals surface area contributed by atoms with Crippen LogP contribution < -0.4 is 10.6 Å². The van der Waals surface area contributed by atoms with E-state index in [1.54, 1.807) is 10.7 Å². The highest BCUT2D eigenvalue weighted by molar-refractivity contribution is 5.97. The van der Waals surface area contributed by atoms with E-state index in [1.165, 1.54) is 0 Å². The van der Waals surface area contributed by atoms with E-state index >= 15 is 0 Å². The molecule has 1 aliphatic heterocycles. The van der Waals surface area contributed by atoms with Gasteiger partial charge in [0, 0.05) is 19.8 Å². The van der Waals surface area contributed by atoms with Crippen molar-refractivity contribution in [2.24, 2.45) is 7.05 Å². The van der Waals surface area contributed by atoms with Crippen LogP contribution in [0, 0.1) is 0 Å². The topological polar surface area (TPSA) is 81.0 Å². The van der Waals surface area contributed by atoms with Gasteiger partial charge in [-0.1, -0.05) is 18.2 Å². The average molecular weight is 377 g/mol. The Kier molecular flexibility index (Phi) is 4.97. The van der Waals surface area contributed by atoms with Crippen molar-refractivity contribution < 1.29 is 9.59 Å². The van der Waals surface area contributed by atoms with Gasteiger partial charge >= 0.3 is 0 Å². The third-order valence-electron chi connectivity index (χ3n) is 4.99. The summed E-state index contributed by atoms with van der Waals surface area (Å²) in [4.78, 5) is 25.3. The fourth-order valence-corrected chi connectivity index (χ4v) is 3.47. The van der Waals surface area contributed by atoms with Gasteiger partial charge in [0.25, 0.3) is 5.91 Å². The number of carbonyl (C=O) groups excluding carboxylic acids is 2. The number of aryl methyl sites for hydroxylation is 1. The maximum Gasteiger partial charge on any atom is 0.270 e. The van der Waals surface area contributed by atoms with E-state index in [4.69, 9.17) is 0 Å². The van der Waals surface area contributed by atoms with Gasteiger partial charge in [-0.25, -0.2) is 4.68 Å². The first-order valence-electron chi connectivity index (χ1n) is 9.49. The molecule has 4 rings (SSSR count). The van der Waals surface area contributed by atoms with Crippen molar-refractivity contribution in [1.29, 1.82) is 0 Å². The van der Waals surface area contributed by atoms with E-state index in [0.29, 0.717) is 24.4 Å². The van der Waals surface area contributed by atoms with E-state index in [0.717, 1.165) is 24.2 Å². The molecule has 0 saturated carbocycles. The molecule has 1 fully saturated rings. The van der Waals surface area contributed by atoms with Crippen molar-refractivity contribution in [1.82, 2.24) is 25.0 Å². The van der Waals surface area contributed by atoms with Crippen LogP contribution in [0.4, 0.5) is 0 Å².